The van der Waals surface area contributed by atoms with Crippen molar-refractivity contribution in [2.75, 3.05) is 11.4 Å². The molecule has 130 valence electrons. The van der Waals surface area contributed by atoms with E-state index >= 15 is 0 Å². The second-order valence-electron chi connectivity index (χ2n) is 6.19. The highest BCUT2D eigenvalue weighted by Gasteiger charge is 2.19. The fraction of sp³-hybridized carbons (Fsp3) is 0.316. The summed E-state index contributed by atoms with van der Waals surface area (Å²) in [6.45, 7) is 5.42. The van der Waals surface area contributed by atoms with Gasteiger partial charge in [0.05, 0.1) is 5.69 Å². The molecular formula is C19H22N4O2. The van der Waals surface area contributed by atoms with Crippen LogP contribution in [0.25, 0.3) is 11.0 Å². The van der Waals surface area contributed by atoms with Crippen LogP contribution in [0.2, 0.25) is 0 Å². The molecular weight excluding hydrogens is 316 g/mol. The van der Waals surface area contributed by atoms with Crippen LogP contribution in [0.1, 0.15) is 18.1 Å². The van der Waals surface area contributed by atoms with Gasteiger partial charge in [0.1, 0.15) is 5.39 Å². The van der Waals surface area contributed by atoms with Crippen molar-refractivity contribution in [1.82, 2.24) is 14.1 Å². The maximum Gasteiger partial charge on any atom is 0.332 e. The summed E-state index contributed by atoms with van der Waals surface area (Å²) in [5, 5.41) is 0.488. The number of anilines is 1. The van der Waals surface area contributed by atoms with Crippen LogP contribution in [0.15, 0.2) is 46.1 Å². The van der Waals surface area contributed by atoms with Crippen LogP contribution in [0.4, 0.5) is 5.69 Å². The van der Waals surface area contributed by atoms with Crippen molar-refractivity contribution in [3.63, 3.8) is 0 Å². The summed E-state index contributed by atoms with van der Waals surface area (Å²) in [6.07, 6.45) is 1.73. The Labute approximate surface area is 146 Å². The molecule has 0 saturated carbocycles. The highest BCUT2D eigenvalue weighted by molar-refractivity contribution is 5.90. The molecule has 0 atom stereocenters. The first-order valence-corrected chi connectivity index (χ1v) is 8.29. The fourth-order valence-corrected chi connectivity index (χ4v) is 3.17. The van der Waals surface area contributed by atoms with Gasteiger partial charge in [-0.15, -0.1) is 0 Å². The Hall–Kier alpha value is -2.89. The molecule has 0 N–H and O–H groups in total. The Morgan fingerprint density at radius 1 is 1.08 bits per heavy atom. The quantitative estimate of drug-likeness (QED) is 0.730. The number of nitrogens with zero attached hydrogens (tertiary/aromatic N) is 4. The monoisotopic (exact) mass is 338 g/mol. The van der Waals surface area contributed by atoms with E-state index in [1.807, 2.05) is 25.1 Å². The van der Waals surface area contributed by atoms with Gasteiger partial charge in [0.25, 0.3) is 5.56 Å². The molecule has 2 aromatic heterocycles. The number of benzene rings is 1. The van der Waals surface area contributed by atoms with Gasteiger partial charge in [-0.05, 0) is 25.0 Å². The Morgan fingerprint density at radius 2 is 1.76 bits per heavy atom. The molecule has 0 spiro atoms. The lowest BCUT2D eigenvalue weighted by atomic mass is 10.1. The van der Waals surface area contributed by atoms with Crippen molar-refractivity contribution in [2.24, 2.45) is 14.1 Å². The summed E-state index contributed by atoms with van der Waals surface area (Å²) in [5.41, 5.74) is 2.66. The van der Waals surface area contributed by atoms with Crippen molar-refractivity contribution in [1.29, 1.82) is 0 Å². The largest absolute Gasteiger partial charge is 0.366 e. The molecule has 0 fully saturated rings. The number of aryl methyl sites for hydroxylation is 2. The van der Waals surface area contributed by atoms with Gasteiger partial charge in [0, 0.05) is 33.4 Å². The van der Waals surface area contributed by atoms with Gasteiger partial charge in [-0.1, -0.05) is 30.3 Å². The number of hydrogen-bond acceptors (Lipinski definition) is 4. The first-order chi connectivity index (χ1) is 12.0. The molecule has 6 heteroatoms. The number of rotatable bonds is 4. The second-order valence-corrected chi connectivity index (χ2v) is 6.19. The van der Waals surface area contributed by atoms with Crippen molar-refractivity contribution < 1.29 is 0 Å². The Balaban J connectivity index is 2.29. The molecule has 0 amide bonds. The van der Waals surface area contributed by atoms with Crippen LogP contribution >= 0.6 is 0 Å². The van der Waals surface area contributed by atoms with Crippen molar-refractivity contribution in [2.45, 2.75) is 20.4 Å². The van der Waals surface area contributed by atoms with E-state index in [1.165, 1.54) is 11.6 Å². The molecule has 0 aliphatic heterocycles. The first-order valence-electron chi connectivity index (χ1n) is 8.29. The van der Waals surface area contributed by atoms with E-state index in [0.29, 0.717) is 17.6 Å². The maximum absolute atomic E-state index is 12.8. The summed E-state index contributed by atoms with van der Waals surface area (Å²) < 4.78 is 2.57. The predicted molar refractivity (Wildman–Crippen MR) is 100 cm³/mol. The number of pyridine rings is 1. The lowest BCUT2D eigenvalue weighted by Crippen LogP contribution is -2.38. The average molecular weight is 338 g/mol. The van der Waals surface area contributed by atoms with Crippen LogP contribution in [-0.2, 0) is 20.6 Å². The fourth-order valence-electron chi connectivity index (χ4n) is 3.17. The number of hydrogen-bond donors (Lipinski definition) is 0. The highest BCUT2D eigenvalue weighted by Crippen LogP contribution is 2.27. The first kappa shape index (κ1) is 17.0. The number of fused-ring (bicyclic) bond motifs is 1. The predicted octanol–water partition coefficient (Wildman–Crippen LogP) is 1.97. The maximum atomic E-state index is 12.8. The summed E-state index contributed by atoms with van der Waals surface area (Å²) in [5.74, 6) is 0. The van der Waals surface area contributed by atoms with Gasteiger partial charge in [0.15, 0.2) is 5.65 Å². The zero-order valence-corrected chi connectivity index (χ0v) is 15.0. The molecule has 0 unspecified atom stereocenters. The Kier molecular flexibility index (Phi) is 4.44. The van der Waals surface area contributed by atoms with E-state index in [-0.39, 0.29) is 11.2 Å². The molecule has 6 nitrogen and oxygen atoms in total. The minimum atomic E-state index is -0.370. The molecule has 0 aliphatic carbocycles. The van der Waals surface area contributed by atoms with Gasteiger partial charge in [0.2, 0.25) is 0 Å². The smallest absolute Gasteiger partial charge is 0.332 e. The topological polar surface area (TPSA) is 60.1 Å². The third-order valence-electron chi connectivity index (χ3n) is 4.54. The molecule has 3 aromatic rings. The summed E-state index contributed by atoms with van der Waals surface area (Å²) in [6, 6.07) is 10.1. The molecule has 25 heavy (non-hydrogen) atoms. The van der Waals surface area contributed by atoms with Crippen LogP contribution in [0, 0.1) is 6.92 Å². The van der Waals surface area contributed by atoms with Gasteiger partial charge in [-0.25, -0.2) is 9.78 Å². The zero-order chi connectivity index (χ0) is 18.1. The van der Waals surface area contributed by atoms with Crippen molar-refractivity contribution >= 4 is 16.7 Å². The van der Waals surface area contributed by atoms with Gasteiger partial charge in [-0.3, -0.25) is 13.9 Å². The average Bonchev–Trinajstić information content (AvgIpc) is 2.63. The molecule has 0 saturated heterocycles. The normalized spacial score (nSPS) is 11.0. The van der Waals surface area contributed by atoms with Crippen LogP contribution < -0.4 is 16.1 Å². The number of aromatic nitrogens is 3. The lowest BCUT2D eigenvalue weighted by molar-refractivity contribution is 0.705. The highest BCUT2D eigenvalue weighted by atomic mass is 16.2. The molecule has 2 heterocycles. The van der Waals surface area contributed by atoms with Gasteiger partial charge < -0.3 is 4.90 Å². The minimum Gasteiger partial charge on any atom is -0.366 e. The third kappa shape index (κ3) is 2.84. The summed E-state index contributed by atoms with van der Waals surface area (Å²) in [4.78, 5) is 31.5. The Bertz CT molecular complexity index is 1040. The standard InChI is InChI=1S/C19H22N4O2/c1-5-23(12-14-9-7-6-8-10-14)16-13(2)11-20-17-15(16)18(24)22(4)19(25)21(17)3/h6-11H,5,12H2,1-4H3. The lowest BCUT2D eigenvalue weighted by Gasteiger charge is -2.26. The zero-order valence-electron chi connectivity index (χ0n) is 15.0. The van der Waals surface area contributed by atoms with E-state index in [0.717, 1.165) is 27.9 Å². The van der Waals surface area contributed by atoms with E-state index in [1.54, 1.807) is 13.2 Å². The van der Waals surface area contributed by atoms with Crippen molar-refractivity contribution in [3.8, 4) is 0 Å². The van der Waals surface area contributed by atoms with E-state index in [2.05, 4.69) is 28.9 Å². The molecule has 3 rings (SSSR count). The minimum absolute atomic E-state index is 0.309. The van der Waals surface area contributed by atoms with Crippen LogP contribution in [-0.4, -0.2) is 20.7 Å². The van der Waals surface area contributed by atoms with E-state index in [4.69, 9.17) is 0 Å². The Morgan fingerprint density at radius 3 is 2.40 bits per heavy atom. The van der Waals surface area contributed by atoms with Crippen LogP contribution in [0.5, 0.6) is 0 Å². The van der Waals surface area contributed by atoms with E-state index in [9.17, 15) is 9.59 Å². The summed E-state index contributed by atoms with van der Waals surface area (Å²) >= 11 is 0. The molecule has 0 aliphatic rings. The molecule has 0 bridgehead atoms. The van der Waals surface area contributed by atoms with Crippen LogP contribution in [0.3, 0.4) is 0 Å². The third-order valence-corrected chi connectivity index (χ3v) is 4.54. The van der Waals surface area contributed by atoms with Crippen molar-refractivity contribution in [3.05, 3.63) is 68.5 Å². The SMILES string of the molecule is CCN(Cc1ccccc1)c1c(C)cnc2c1c(=O)n(C)c(=O)n2C. The van der Waals surface area contributed by atoms with Gasteiger partial charge in [-0.2, -0.15) is 0 Å². The summed E-state index contributed by atoms with van der Waals surface area (Å²) in [7, 11) is 3.15. The second kappa shape index (κ2) is 6.55. The molecule has 1 aromatic carbocycles. The van der Waals surface area contributed by atoms with Gasteiger partial charge >= 0.3 is 5.69 Å². The molecule has 0 radical (unpaired) electrons. The van der Waals surface area contributed by atoms with E-state index < -0.39 is 0 Å².